The van der Waals surface area contributed by atoms with Crippen molar-refractivity contribution in [3.8, 4) is 23.0 Å². The van der Waals surface area contributed by atoms with Gasteiger partial charge >= 0.3 is 0 Å². The van der Waals surface area contributed by atoms with Gasteiger partial charge in [0.2, 0.25) is 11.7 Å². The van der Waals surface area contributed by atoms with E-state index in [1.807, 2.05) is 31.2 Å². The van der Waals surface area contributed by atoms with E-state index < -0.39 is 5.91 Å². The molecule has 8 heteroatoms. The highest BCUT2D eigenvalue weighted by Crippen LogP contribution is 2.38. The summed E-state index contributed by atoms with van der Waals surface area (Å²) in [5.41, 5.74) is 6.01. The van der Waals surface area contributed by atoms with Crippen LogP contribution in [0.4, 0.5) is 0 Å². The molecule has 0 atom stereocenters. The summed E-state index contributed by atoms with van der Waals surface area (Å²) < 4.78 is 21.1. The molecule has 2 amide bonds. The molecule has 0 aliphatic heterocycles. The van der Waals surface area contributed by atoms with Crippen molar-refractivity contribution in [2.24, 2.45) is 0 Å². The predicted molar refractivity (Wildman–Crippen MR) is 103 cm³/mol. The smallest absolute Gasteiger partial charge is 0.269 e. The summed E-state index contributed by atoms with van der Waals surface area (Å²) in [7, 11) is 4.38. The van der Waals surface area contributed by atoms with Gasteiger partial charge in [0.25, 0.3) is 5.91 Å². The van der Waals surface area contributed by atoms with Crippen molar-refractivity contribution in [2.45, 2.75) is 13.3 Å². The lowest BCUT2D eigenvalue weighted by molar-refractivity contribution is -0.122. The van der Waals surface area contributed by atoms with Gasteiger partial charge in [0, 0.05) is 5.56 Å². The average Bonchev–Trinajstić information content (AvgIpc) is 2.70. The van der Waals surface area contributed by atoms with Crippen molar-refractivity contribution in [1.29, 1.82) is 0 Å². The molecule has 8 nitrogen and oxygen atoms in total. The summed E-state index contributed by atoms with van der Waals surface area (Å²) in [5.74, 6) is 0.837. The highest BCUT2D eigenvalue weighted by Gasteiger charge is 2.17. The molecule has 0 unspecified atom stereocenters. The van der Waals surface area contributed by atoms with Gasteiger partial charge in [0.1, 0.15) is 5.75 Å². The summed E-state index contributed by atoms with van der Waals surface area (Å²) in [6.07, 6.45) is 0.0868. The lowest BCUT2D eigenvalue weighted by atomic mass is 10.1. The first kappa shape index (κ1) is 20.9. The Balaban J connectivity index is 1.88. The van der Waals surface area contributed by atoms with E-state index in [4.69, 9.17) is 18.9 Å². The minimum Gasteiger partial charge on any atom is -0.493 e. The van der Waals surface area contributed by atoms with Crippen LogP contribution in [0.2, 0.25) is 0 Å². The van der Waals surface area contributed by atoms with Crippen LogP contribution in [0.15, 0.2) is 36.4 Å². The van der Waals surface area contributed by atoms with E-state index in [2.05, 4.69) is 10.9 Å². The third-order valence-electron chi connectivity index (χ3n) is 3.83. The number of carbonyl (C=O) groups is 2. The number of rotatable bonds is 8. The number of benzene rings is 2. The van der Waals surface area contributed by atoms with Crippen molar-refractivity contribution in [3.05, 3.63) is 47.5 Å². The molecule has 2 aromatic carbocycles. The van der Waals surface area contributed by atoms with Gasteiger partial charge < -0.3 is 18.9 Å². The fourth-order valence-corrected chi connectivity index (χ4v) is 2.44. The van der Waals surface area contributed by atoms with Crippen LogP contribution in [0.1, 0.15) is 22.3 Å². The SMILES string of the molecule is COc1cc(C(=O)NNC(=O)CCOc2cccc(C)c2)cc(OC)c1OC. The van der Waals surface area contributed by atoms with Crippen LogP contribution in [0.5, 0.6) is 23.0 Å². The maximum absolute atomic E-state index is 12.3. The number of ether oxygens (including phenoxy) is 4. The third kappa shape index (κ3) is 5.54. The van der Waals surface area contributed by atoms with Crippen molar-refractivity contribution in [3.63, 3.8) is 0 Å². The molecule has 0 aliphatic rings. The zero-order chi connectivity index (χ0) is 20.5. The quantitative estimate of drug-likeness (QED) is 0.674. The van der Waals surface area contributed by atoms with E-state index in [9.17, 15) is 9.59 Å². The Morgan fingerprint density at radius 3 is 2.18 bits per heavy atom. The van der Waals surface area contributed by atoms with Gasteiger partial charge in [0.05, 0.1) is 34.4 Å². The Morgan fingerprint density at radius 2 is 1.61 bits per heavy atom. The van der Waals surface area contributed by atoms with Crippen LogP contribution in [-0.4, -0.2) is 39.8 Å². The van der Waals surface area contributed by atoms with E-state index in [1.54, 1.807) is 0 Å². The molecule has 0 aromatic heterocycles. The van der Waals surface area contributed by atoms with Gasteiger partial charge in [-0.2, -0.15) is 0 Å². The van der Waals surface area contributed by atoms with E-state index in [-0.39, 0.29) is 24.5 Å². The van der Waals surface area contributed by atoms with E-state index in [0.29, 0.717) is 23.0 Å². The number of nitrogens with one attached hydrogen (secondary N) is 2. The van der Waals surface area contributed by atoms with Crippen LogP contribution in [0, 0.1) is 6.92 Å². The molecule has 2 aromatic rings. The van der Waals surface area contributed by atoms with Gasteiger partial charge in [0.15, 0.2) is 11.5 Å². The lowest BCUT2D eigenvalue weighted by Gasteiger charge is -2.14. The van der Waals surface area contributed by atoms with Gasteiger partial charge in [-0.25, -0.2) is 0 Å². The summed E-state index contributed by atoms with van der Waals surface area (Å²) in [5, 5.41) is 0. The Hall–Kier alpha value is -3.42. The van der Waals surface area contributed by atoms with Crippen LogP contribution in [0.3, 0.4) is 0 Å². The molecule has 0 aliphatic carbocycles. The normalized spacial score (nSPS) is 10.0. The van der Waals surface area contributed by atoms with Crippen molar-refractivity contribution < 1.29 is 28.5 Å². The lowest BCUT2D eigenvalue weighted by Crippen LogP contribution is -2.42. The number of aryl methyl sites for hydroxylation is 1. The zero-order valence-corrected chi connectivity index (χ0v) is 16.3. The van der Waals surface area contributed by atoms with E-state index >= 15 is 0 Å². The van der Waals surface area contributed by atoms with Crippen LogP contribution in [-0.2, 0) is 4.79 Å². The number of hydrogen-bond donors (Lipinski definition) is 2. The summed E-state index contributed by atoms with van der Waals surface area (Å²) in [6.45, 7) is 2.15. The van der Waals surface area contributed by atoms with Crippen LogP contribution in [0.25, 0.3) is 0 Å². The maximum atomic E-state index is 12.3. The molecule has 2 N–H and O–H groups in total. The minimum absolute atomic E-state index is 0.0868. The molecule has 0 saturated carbocycles. The average molecular weight is 388 g/mol. The molecule has 28 heavy (non-hydrogen) atoms. The van der Waals surface area contributed by atoms with Crippen molar-refractivity contribution >= 4 is 11.8 Å². The van der Waals surface area contributed by atoms with Crippen molar-refractivity contribution in [1.82, 2.24) is 10.9 Å². The molecular weight excluding hydrogens is 364 g/mol. The minimum atomic E-state index is -0.521. The fourth-order valence-electron chi connectivity index (χ4n) is 2.44. The number of amides is 2. The first-order valence-corrected chi connectivity index (χ1v) is 8.57. The highest BCUT2D eigenvalue weighted by atomic mass is 16.5. The molecule has 0 spiro atoms. The largest absolute Gasteiger partial charge is 0.493 e. The molecule has 0 heterocycles. The molecule has 0 bridgehead atoms. The molecule has 0 radical (unpaired) electrons. The van der Waals surface area contributed by atoms with E-state index in [1.165, 1.54) is 33.5 Å². The monoisotopic (exact) mass is 388 g/mol. The van der Waals surface area contributed by atoms with Gasteiger partial charge in [-0.15, -0.1) is 0 Å². The molecule has 150 valence electrons. The Morgan fingerprint density at radius 1 is 0.929 bits per heavy atom. The van der Waals surface area contributed by atoms with Crippen molar-refractivity contribution in [2.75, 3.05) is 27.9 Å². The molecule has 0 saturated heterocycles. The van der Waals surface area contributed by atoms with E-state index in [0.717, 1.165) is 5.56 Å². The second kappa shape index (κ2) is 10.1. The van der Waals surface area contributed by atoms with Crippen LogP contribution >= 0.6 is 0 Å². The summed E-state index contributed by atoms with van der Waals surface area (Å²) >= 11 is 0. The second-order valence-electron chi connectivity index (χ2n) is 5.83. The number of hydrogen-bond acceptors (Lipinski definition) is 6. The number of hydrazine groups is 1. The summed E-state index contributed by atoms with van der Waals surface area (Å²) in [6, 6.07) is 10.5. The maximum Gasteiger partial charge on any atom is 0.269 e. The molecule has 2 rings (SSSR count). The Kier molecular flexibility index (Phi) is 7.50. The second-order valence-corrected chi connectivity index (χ2v) is 5.83. The highest BCUT2D eigenvalue weighted by molar-refractivity contribution is 5.96. The standard InChI is InChI=1S/C20H24N2O6/c1-13-6-5-7-15(10-13)28-9-8-18(23)21-22-20(24)14-11-16(25-2)19(27-4)17(12-14)26-3/h5-7,10-12H,8-9H2,1-4H3,(H,21,23)(H,22,24). The molecule has 0 fully saturated rings. The first-order chi connectivity index (χ1) is 13.5. The molecular formula is C20H24N2O6. The van der Waals surface area contributed by atoms with Gasteiger partial charge in [-0.05, 0) is 36.8 Å². The summed E-state index contributed by atoms with van der Waals surface area (Å²) in [4.78, 5) is 24.2. The first-order valence-electron chi connectivity index (χ1n) is 8.57. The van der Waals surface area contributed by atoms with Gasteiger partial charge in [-0.1, -0.05) is 12.1 Å². The Bertz CT molecular complexity index is 812. The topological polar surface area (TPSA) is 95.1 Å². The predicted octanol–water partition coefficient (Wildman–Crippen LogP) is 2.25. The Labute approximate surface area is 163 Å². The van der Waals surface area contributed by atoms with Gasteiger partial charge in [-0.3, -0.25) is 20.4 Å². The van der Waals surface area contributed by atoms with Crippen LogP contribution < -0.4 is 29.8 Å². The number of methoxy groups -OCH3 is 3. The fraction of sp³-hybridized carbons (Fsp3) is 0.300. The number of carbonyl (C=O) groups excluding carboxylic acids is 2. The zero-order valence-electron chi connectivity index (χ0n) is 16.3. The third-order valence-corrected chi connectivity index (χ3v) is 3.83.